The van der Waals surface area contributed by atoms with Crippen molar-refractivity contribution in [1.82, 2.24) is 0 Å². The van der Waals surface area contributed by atoms with Gasteiger partial charge in [0.2, 0.25) is 0 Å². The van der Waals surface area contributed by atoms with Gasteiger partial charge in [0.25, 0.3) is 0 Å². The van der Waals surface area contributed by atoms with Crippen molar-refractivity contribution < 1.29 is 23.9 Å². The Labute approximate surface area is 157 Å². The molecule has 0 radical (unpaired) electrons. The van der Waals surface area contributed by atoms with Crippen LogP contribution in [0, 0.1) is 11.8 Å². The van der Waals surface area contributed by atoms with Crippen LogP contribution in [0.2, 0.25) is 0 Å². The van der Waals surface area contributed by atoms with Crippen LogP contribution in [0.5, 0.6) is 0 Å². The van der Waals surface area contributed by atoms with Gasteiger partial charge in [-0.3, -0.25) is 14.4 Å². The third-order valence-electron chi connectivity index (χ3n) is 3.94. The second-order valence-corrected chi connectivity index (χ2v) is 9.42. The minimum Gasteiger partial charge on any atom is -0.460 e. The molecule has 2 saturated carbocycles. The maximum Gasteiger partial charge on any atom is 0.306 e. The molecule has 0 aromatic carbocycles. The van der Waals surface area contributed by atoms with Crippen molar-refractivity contribution in [3.63, 3.8) is 0 Å². The molecular formula is C21H34O5. The molecule has 0 aliphatic heterocycles. The van der Waals surface area contributed by atoms with Crippen LogP contribution in [0.4, 0.5) is 0 Å². The van der Waals surface area contributed by atoms with Gasteiger partial charge in [-0.1, -0.05) is 12.2 Å². The SMILES string of the molecule is C=C1CC(CC(=O)OC(C)(C)C)C1.CC(C)(C)OC(=O)CC1CC(=O)C1. The van der Waals surface area contributed by atoms with Gasteiger partial charge in [0, 0.05) is 25.7 Å². The van der Waals surface area contributed by atoms with E-state index in [9.17, 15) is 14.4 Å². The zero-order chi connectivity index (χ0) is 20.1. The third-order valence-corrected chi connectivity index (χ3v) is 3.94. The summed E-state index contributed by atoms with van der Waals surface area (Å²) in [4.78, 5) is 33.2. The summed E-state index contributed by atoms with van der Waals surface area (Å²) in [5.74, 6) is 0.716. The highest BCUT2D eigenvalue weighted by molar-refractivity contribution is 5.86. The van der Waals surface area contributed by atoms with Crippen LogP contribution in [0.15, 0.2) is 12.2 Å². The monoisotopic (exact) mass is 366 g/mol. The summed E-state index contributed by atoms with van der Waals surface area (Å²) in [7, 11) is 0. The largest absolute Gasteiger partial charge is 0.460 e. The zero-order valence-electron chi connectivity index (χ0n) is 17.1. The fraction of sp³-hybridized carbons (Fsp3) is 0.762. The quantitative estimate of drug-likeness (QED) is 0.545. The van der Waals surface area contributed by atoms with Crippen LogP contribution < -0.4 is 0 Å². The number of carbonyl (C=O) groups excluding carboxylic acids is 3. The van der Waals surface area contributed by atoms with E-state index in [0.29, 0.717) is 31.6 Å². The van der Waals surface area contributed by atoms with Gasteiger partial charge in [-0.05, 0) is 66.2 Å². The predicted octanol–water partition coefficient (Wildman–Crippen LogP) is 4.38. The second kappa shape index (κ2) is 8.83. The molecule has 2 aliphatic rings. The molecule has 0 bridgehead atoms. The Bertz CT molecular complexity index is 482. The van der Waals surface area contributed by atoms with Gasteiger partial charge in [-0.15, -0.1) is 0 Å². The Morgan fingerprint density at radius 1 is 0.846 bits per heavy atom. The molecule has 2 rings (SSSR count). The third kappa shape index (κ3) is 9.73. The fourth-order valence-electron chi connectivity index (χ4n) is 2.87. The van der Waals surface area contributed by atoms with Crippen molar-refractivity contribution in [3.05, 3.63) is 12.2 Å². The smallest absolute Gasteiger partial charge is 0.306 e. The molecule has 0 aromatic rings. The number of hydrogen-bond donors (Lipinski definition) is 0. The number of carbonyl (C=O) groups is 3. The summed E-state index contributed by atoms with van der Waals surface area (Å²) in [6.45, 7) is 15.1. The standard InChI is InChI=1S/C11H18O2.C10H16O3/c1-8-5-9(6-8)7-10(12)13-11(2,3)4;1-10(2,3)13-9(12)6-7-4-8(11)5-7/h9H,1,5-7H2,2-4H3;7H,4-6H2,1-3H3. The molecule has 0 saturated heterocycles. The number of ketones is 1. The van der Waals surface area contributed by atoms with Crippen molar-refractivity contribution in [3.8, 4) is 0 Å². The molecule has 0 spiro atoms. The van der Waals surface area contributed by atoms with E-state index in [4.69, 9.17) is 9.47 Å². The zero-order valence-corrected chi connectivity index (χ0v) is 17.1. The predicted molar refractivity (Wildman–Crippen MR) is 101 cm³/mol. The molecule has 2 fully saturated rings. The summed E-state index contributed by atoms with van der Waals surface area (Å²) in [5.41, 5.74) is 0.497. The second-order valence-electron chi connectivity index (χ2n) is 9.42. The van der Waals surface area contributed by atoms with Crippen LogP contribution >= 0.6 is 0 Å². The van der Waals surface area contributed by atoms with Crippen LogP contribution in [0.3, 0.4) is 0 Å². The first-order valence-corrected chi connectivity index (χ1v) is 9.35. The van der Waals surface area contributed by atoms with E-state index in [1.54, 1.807) is 0 Å². The maximum atomic E-state index is 11.3. The van der Waals surface area contributed by atoms with Crippen LogP contribution in [-0.4, -0.2) is 28.9 Å². The first-order valence-electron chi connectivity index (χ1n) is 9.35. The average Bonchev–Trinajstić information content (AvgIpc) is 2.31. The van der Waals surface area contributed by atoms with E-state index in [2.05, 4.69) is 6.58 Å². The van der Waals surface area contributed by atoms with Gasteiger partial charge in [0.05, 0.1) is 0 Å². The Morgan fingerprint density at radius 3 is 1.46 bits per heavy atom. The van der Waals surface area contributed by atoms with E-state index < -0.39 is 5.60 Å². The molecule has 0 aromatic heterocycles. The molecular weight excluding hydrogens is 332 g/mol. The van der Waals surface area contributed by atoms with E-state index >= 15 is 0 Å². The van der Waals surface area contributed by atoms with E-state index in [1.165, 1.54) is 5.57 Å². The lowest BCUT2D eigenvalue weighted by atomic mass is 9.79. The molecule has 0 N–H and O–H groups in total. The highest BCUT2D eigenvalue weighted by Crippen LogP contribution is 2.34. The molecule has 5 heteroatoms. The lowest BCUT2D eigenvalue weighted by molar-refractivity contribution is -0.158. The summed E-state index contributed by atoms with van der Waals surface area (Å²) in [5, 5.41) is 0. The molecule has 0 unspecified atom stereocenters. The molecule has 2 aliphatic carbocycles. The number of hydrogen-bond acceptors (Lipinski definition) is 5. The lowest BCUT2D eigenvalue weighted by Crippen LogP contribution is -2.30. The Hall–Kier alpha value is -1.65. The van der Waals surface area contributed by atoms with E-state index in [-0.39, 0.29) is 29.2 Å². The summed E-state index contributed by atoms with van der Waals surface area (Å²) < 4.78 is 10.3. The lowest BCUT2D eigenvalue weighted by Gasteiger charge is -2.28. The molecule has 0 amide bonds. The Morgan fingerprint density at radius 2 is 1.19 bits per heavy atom. The number of rotatable bonds is 4. The molecule has 26 heavy (non-hydrogen) atoms. The minimum absolute atomic E-state index is 0.0787. The van der Waals surface area contributed by atoms with Crippen molar-refractivity contribution in [2.75, 3.05) is 0 Å². The first kappa shape index (κ1) is 22.4. The first-order chi connectivity index (χ1) is 11.7. The Balaban J connectivity index is 0.000000260. The number of esters is 2. The van der Waals surface area contributed by atoms with Crippen molar-refractivity contribution >= 4 is 17.7 Å². The van der Waals surface area contributed by atoms with Crippen LogP contribution in [0.1, 0.15) is 80.1 Å². The normalized spacial score (nSPS) is 18.2. The number of allylic oxidation sites excluding steroid dienone is 1. The van der Waals surface area contributed by atoms with Gasteiger partial charge in [0.1, 0.15) is 17.0 Å². The van der Waals surface area contributed by atoms with Gasteiger partial charge in [-0.2, -0.15) is 0 Å². The van der Waals surface area contributed by atoms with Crippen molar-refractivity contribution in [1.29, 1.82) is 0 Å². The minimum atomic E-state index is -0.412. The molecule has 0 heterocycles. The number of ether oxygens (including phenoxy) is 2. The van der Waals surface area contributed by atoms with Gasteiger partial charge < -0.3 is 9.47 Å². The molecule has 5 nitrogen and oxygen atoms in total. The molecule has 148 valence electrons. The summed E-state index contributed by atoms with van der Waals surface area (Å²) >= 11 is 0. The highest BCUT2D eigenvalue weighted by atomic mass is 16.6. The van der Waals surface area contributed by atoms with E-state index in [0.717, 1.165) is 12.8 Å². The Kier molecular flexibility index (Phi) is 7.60. The average molecular weight is 366 g/mol. The van der Waals surface area contributed by atoms with Crippen molar-refractivity contribution in [2.45, 2.75) is 91.3 Å². The van der Waals surface area contributed by atoms with Gasteiger partial charge in [0.15, 0.2) is 0 Å². The fourth-order valence-corrected chi connectivity index (χ4v) is 2.87. The van der Waals surface area contributed by atoms with Crippen molar-refractivity contribution in [2.24, 2.45) is 11.8 Å². The van der Waals surface area contributed by atoms with E-state index in [1.807, 2.05) is 41.5 Å². The van der Waals surface area contributed by atoms with Crippen LogP contribution in [0.25, 0.3) is 0 Å². The van der Waals surface area contributed by atoms with Gasteiger partial charge in [-0.25, -0.2) is 0 Å². The number of Topliss-reactive ketones (excluding diaryl/α,β-unsaturated/α-hetero) is 1. The highest BCUT2D eigenvalue weighted by Gasteiger charge is 2.30. The topological polar surface area (TPSA) is 69.7 Å². The molecule has 0 atom stereocenters. The van der Waals surface area contributed by atoms with Crippen LogP contribution in [-0.2, 0) is 23.9 Å². The summed E-state index contributed by atoms with van der Waals surface area (Å²) in [6, 6.07) is 0. The van der Waals surface area contributed by atoms with Gasteiger partial charge >= 0.3 is 11.9 Å². The maximum absolute atomic E-state index is 11.3. The summed E-state index contributed by atoms with van der Waals surface area (Å²) in [6.07, 6.45) is 4.05.